The predicted molar refractivity (Wildman–Crippen MR) is 56.5 cm³/mol. The normalized spacial score (nSPS) is 11.3. The first kappa shape index (κ1) is 8.68. The molecule has 0 amide bonds. The highest BCUT2D eigenvalue weighted by Crippen LogP contribution is 2.29. The molecule has 0 aliphatic rings. The van der Waals surface area contributed by atoms with E-state index in [1.807, 2.05) is 6.07 Å². The van der Waals surface area contributed by atoms with E-state index in [0.29, 0.717) is 21.7 Å². The average molecular weight is 222 g/mol. The molecule has 0 saturated carbocycles. The lowest BCUT2D eigenvalue weighted by Crippen LogP contribution is -1.77. The summed E-state index contributed by atoms with van der Waals surface area (Å²) in [7, 11) is 0. The Morgan fingerprint density at radius 1 is 1.20 bits per heavy atom. The summed E-state index contributed by atoms with van der Waals surface area (Å²) in [5.74, 6) is -0.410. The molecule has 3 rings (SSSR count). The summed E-state index contributed by atoms with van der Waals surface area (Å²) in [6.45, 7) is 0. The van der Waals surface area contributed by atoms with Crippen LogP contribution in [0.4, 0.5) is 4.39 Å². The molecular weight excluding hydrogens is 217 g/mol. The number of benzene rings is 1. The molecule has 0 radical (unpaired) electrons. The molecule has 15 heavy (non-hydrogen) atoms. The van der Waals surface area contributed by atoms with Crippen molar-refractivity contribution in [2.45, 2.75) is 0 Å². The summed E-state index contributed by atoms with van der Waals surface area (Å²) in [5.41, 5.74) is 1.71. The van der Waals surface area contributed by atoms with Gasteiger partial charge < -0.3 is 4.42 Å². The van der Waals surface area contributed by atoms with Gasteiger partial charge in [-0.2, -0.15) is 0 Å². The minimum absolute atomic E-state index is 0.410. The van der Waals surface area contributed by atoms with Crippen LogP contribution < -0.4 is 0 Å². The second kappa shape index (κ2) is 2.94. The summed E-state index contributed by atoms with van der Waals surface area (Å²) in [6.07, 6.45) is 1.17. The Morgan fingerprint density at radius 3 is 2.93 bits per heavy atom. The van der Waals surface area contributed by atoms with Crippen molar-refractivity contribution in [2.75, 3.05) is 0 Å². The van der Waals surface area contributed by atoms with Gasteiger partial charge in [0.1, 0.15) is 16.9 Å². The fourth-order valence-corrected chi connectivity index (χ4v) is 1.76. The molecule has 0 aliphatic heterocycles. The van der Waals surface area contributed by atoms with Gasteiger partial charge in [-0.05, 0) is 12.1 Å². The maximum absolute atomic E-state index is 12.9. The summed E-state index contributed by atoms with van der Waals surface area (Å²) in [4.78, 5) is 3.99. The van der Waals surface area contributed by atoms with Crippen molar-refractivity contribution in [1.82, 2.24) is 4.98 Å². The lowest BCUT2D eigenvalue weighted by atomic mass is 10.2. The van der Waals surface area contributed by atoms with Gasteiger partial charge in [0, 0.05) is 22.5 Å². The molecule has 0 saturated heterocycles. The van der Waals surface area contributed by atoms with Crippen LogP contribution in [0.15, 0.2) is 34.9 Å². The summed E-state index contributed by atoms with van der Waals surface area (Å²) in [5, 5.41) is 1.43. The van der Waals surface area contributed by atoms with E-state index >= 15 is 0 Å². The topological polar surface area (TPSA) is 26.0 Å². The lowest BCUT2D eigenvalue weighted by molar-refractivity contribution is 0.612. The van der Waals surface area contributed by atoms with Gasteiger partial charge in [-0.25, -0.2) is 9.37 Å². The third kappa shape index (κ3) is 1.27. The van der Waals surface area contributed by atoms with Crippen LogP contribution in [0.25, 0.3) is 22.1 Å². The maximum Gasteiger partial charge on any atom is 0.156 e. The van der Waals surface area contributed by atoms with Crippen molar-refractivity contribution >= 4 is 33.7 Å². The molecular formula is C11H5ClFNO. The molecule has 0 bridgehead atoms. The number of rotatable bonds is 0. The smallest absolute Gasteiger partial charge is 0.156 e. The van der Waals surface area contributed by atoms with E-state index in [0.717, 1.165) is 5.39 Å². The molecule has 1 aromatic carbocycles. The third-order valence-electron chi connectivity index (χ3n) is 2.24. The van der Waals surface area contributed by atoms with Gasteiger partial charge in [-0.1, -0.05) is 11.6 Å². The van der Waals surface area contributed by atoms with E-state index in [-0.39, 0.29) is 0 Å². The Labute approximate surface area is 89.3 Å². The summed E-state index contributed by atoms with van der Waals surface area (Å²) >= 11 is 5.82. The Bertz CT molecular complexity index is 606. The van der Waals surface area contributed by atoms with Crippen LogP contribution in [0.3, 0.4) is 0 Å². The number of fused-ring (bicyclic) bond motifs is 3. The summed E-state index contributed by atoms with van der Waals surface area (Å²) < 4.78 is 18.3. The molecule has 4 heteroatoms. The van der Waals surface area contributed by atoms with Crippen molar-refractivity contribution < 1.29 is 8.81 Å². The van der Waals surface area contributed by atoms with Crippen LogP contribution in [0.1, 0.15) is 0 Å². The average Bonchev–Trinajstić information content (AvgIpc) is 2.53. The number of aromatic nitrogens is 1. The largest absolute Gasteiger partial charge is 0.454 e. The van der Waals surface area contributed by atoms with Crippen LogP contribution >= 0.6 is 11.6 Å². The van der Waals surface area contributed by atoms with Gasteiger partial charge in [0.25, 0.3) is 0 Å². The minimum Gasteiger partial charge on any atom is -0.454 e. The number of pyridine rings is 1. The van der Waals surface area contributed by atoms with Crippen LogP contribution in [-0.2, 0) is 0 Å². The van der Waals surface area contributed by atoms with Crippen molar-refractivity contribution in [3.63, 3.8) is 0 Å². The second-order valence-electron chi connectivity index (χ2n) is 3.24. The van der Waals surface area contributed by atoms with E-state index in [2.05, 4.69) is 4.98 Å². The minimum atomic E-state index is -0.410. The van der Waals surface area contributed by atoms with Gasteiger partial charge >= 0.3 is 0 Å². The number of furan rings is 1. The lowest BCUT2D eigenvalue weighted by Gasteiger charge is -1.88. The number of halogens is 2. The van der Waals surface area contributed by atoms with Crippen LogP contribution in [0.5, 0.6) is 0 Å². The predicted octanol–water partition coefficient (Wildman–Crippen LogP) is 3.77. The number of hydrogen-bond donors (Lipinski definition) is 0. The SMILES string of the molecule is Fc1cnc2c(c1)oc1cc(Cl)ccc12. The first-order valence-corrected chi connectivity index (χ1v) is 4.75. The molecule has 74 valence electrons. The molecule has 0 spiro atoms. The standard InChI is InChI=1S/C11H5ClFNO/c12-6-1-2-8-9(3-6)15-10-4-7(13)5-14-11(8)10/h1-5H. The Morgan fingerprint density at radius 2 is 2.07 bits per heavy atom. The van der Waals surface area contributed by atoms with E-state index < -0.39 is 5.82 Å². The van der Waals surface area contributed by atoms with Gasteiger partial charge in [0.2, 0.25) is 0 Å². The zero-order valence-corrected chi connectivity index (χ0v) is 8.25. The second-order valence-corrected chi connectivity index (χ2v) is 3.68. The molecule has 2 aromatic heterocycles. The Balaban J connectivity index is 2.51. The van der Waals surface area contributed by atoms with Gasteiger partial charge in [0.05, 0.1) is 6.20 Å². The number of hydrogen-bond acceptors (Lipinski definition) is 2. The monoisotopic (exact) mass is 221 g/mol. The molecule has 2 nitrogen and oxygen atoms in total. The molecule has 0 fully saturated rings. The van der Waals surface area contributed by atoms with Crippen molar-refractivity contribution in [3.05, 3.63) is 41.3 Å². The highest BCUT2D eigenvalue weighted by molar-refractivity contribution is 6.31. The first-order chi connectivity index (χ1) is 7.24. The van der Waals surface area contributed by atoms with Crippen molar-refractivity contribution in [2.24, 2.45) is 0 Å². The van der Waals surface area contributed by atoms with E-state index in [4.69, 9.17) is 16.0 Å². The molecule has 0 N–H and O–H groups in total. The first-order valence-electron chi connectivity index (χ1n) is 4.37. The van der Waals surface area contributed by atoms with Gasteiger partial charge in [-0.15, -0.1) is 0 Å². The van der Waals surface area contributed by atoms with E-state index in [1.165, 1.54) is 12.3 Å². The zero-order chi connectivity index (χ0) is 10.4. The Hall–Kier alpha value is -1.61. The van der Waals surface area contributed by atoms with Crippen LogP contribution in [0, 0.1) is 5.82 Å². The molecule has 0 unspecified atom stereocenters. The maximum atomic E-state index is 12.9. The zero-order valence-electron chi connectivity index (χ0n) is 7.50. The van der Waals surface area contributed by atoms with Gasteiger partial charge in [-0.3, -0.25) is 0 Å². The molecule has 2 heterocycles. The van der Waals surface area contributed by atoms with Crippen LogP contribution in [0.2, 0.25) is 5.02 Å². The van der Waals surface area contributed by atoms with Crippen molar-refractivity contribution in [1.29, 1.82) is 0 Å². The summed E-state index contributed by atoms with van der Waals surface area (Å²) in [6, 6.07) is 6.57. The van der Waals surface area contributed by atoms with E-state index in [9.17, 15) is 4.39 Å². The molecule has 0 aliphatic carbocycles. The van der Waals surface area contributed by atoms with E-state index in [1.54, 1.807) is 12.1 Å². The molecule has 0 atom stereocenters. The fraction of sp³-hybridized carbons (Fsp3) is 0. The highest BCUT2D eigenvalue weighted by Gasteiger charge is 2.08. The highest BCUT2D eigenvalue weighted by atomic mass is 35.5. The van der Waals surface area contributed by atoms with Crippen molar-refractivity contribution in [3.8, 4) is 0 Å². The van der Waals surface area contributed by atoms with Crippen LogP contribution in [-0.4, -0.2) is 4.98 Å². The van der Waals surface area contributed by atoms with Gasteiger partial charge in [0.15, 0.2) is 5.58 Å². The fourth-order valence-electron chi connectivity index (χ4n) is 1.60. The quantitative estimate of drug-likeness (QED) is 0.578. The number of nitrogens with zero attached hydrogens (tertiary/aromatic N) is 1. The molecule has 3 aromatic rings. The third-order valence-corrected chi connectivity index (χ3v) is 2.47. The Kier molecular flexibility index (Phi) is 1.70.